The van der Waals surface area contributed by atoms with E-state index in [9.17, 15) is 5.02 Å². The smallest absolute Gasteiger partial charge is 0.486 e. The van der Waals surface area contributed by atoms with Crippen LogP contribution in [0.2, 0.25) is 0 Å². The van der Waals surface area contributed by atoms with Crippen molar-refractivity contribution in [2.45, 2.75) is 6.10 Å². The molecule has 1 aromatic rings. The molecule has 0 saturated carbocycles. The second kappa shape index (κ2) is 4.38. The van der Waals surface area contributed by atoms with Crippen LogP contribution in [0.1, 0.15) is 11.7 Å². The molecule has 0 amide bonds. The van der Waals surface area contributed by atoms with E-state index in [0.29, 0.717) is 36.7 Å². The fraction of sp³-hybridized carbons (Fsp3) is 0.400. The van der Waals surface area contributed by atoms with Gasteiger partial charge in [-0.25, -0.2) is 4.84 Å². The summed E-state index contributed by atoms with van der Waals surface area (Å²) >= 11 is 5.50. The lowest BCUT2D eigenvalue weighted by atomic mass is 9.79. The highest BCUT2D eigenvalue weighted by molar-refractivity contribution is 6.62. The van der Waals surface area contributed by atoms with Gasteiger partial charge in [0, 0.05) is 12.1 Å². The van der Waals surface area contributed by atoms with Gasteiger partial charge in [0.15, 0.2) is 11.5 Å². The molecule has 1 atom stereocenters. The molecule has 0 bridgehead atoms. The second-order valence-corrected chi connectivity index (χ2v) is 4.17. The fourth-order valence-corrected chi connectivity index (χ4v) is 2.36. The molecular formula is C10H11BClNO4. The van der Waals surface area contributed by atoms with E-state index in [1.807, 2.05) is 0 Å². The molecule has 2 aliphatic rings. The van der Waals surface area contributed by atoms with E-state index < -0.39 is 7.12 Å². The van der Waals surface area contributed by atoms with Crippen LogP contribution in [0.25, 0.3) is 0 Å². The minimum absolute atomic E-state index is 0.325. The first-order valence-corrected chi connectivity index (χ1v) is 5.78. The summed E-state index contributed by atoms with van der Waals surface area (Å²) in [6.45, 7) is 1.43. The highest BCUT2D eigenvalue weighted by Gasteiger charge is 2.39. The van der Waals surface area contributed by atoms with Crippen molar-refractivity contribution in [2.24, 2.45) is 0 Å². The van der Waals surface area contributed by atoms with E-state index in [-0.39, 0.29) is 6.10 Å². The zero-order valence-corrected chi connectivity index (χ0v) is 9.74. The Morgan fingerprint density at radius 3 is 3.06 bits per heavy atom. The summed E-state index contributed by atoms with van der Waals surface area (Å²) in [6, 6.07) is 3.58. The highest BCUT2D eigenvalue weighted by Crippen LogP contribution is 2.39. The maximum atomic E-state index is 9.79. The number of nitrogens with one attached hydrogen (secondary N) is 1. The molecule has 0 aromatic heterocycles. The first kappa shape index (κ1) is 11.2. The maximum absolute atomic E-state index is 9.79. The molecule has 0 saturated heterocycles. The lowest BCUT2D eigenvalue weighted by Gasteiger charge is -2.22. The van der Waals surface area contributed by atoms with Crippen LogP contribution in [0.3, 0.4) is 0 Å². The maximum Gasteiger partial charge on any atom is 0.492 e. The Morgan fingerprint density at radius 1 is 1.41 bits per heavy atom. The normalized spacial score (nSPS) is 21.5. The summed E-state index contributed by atoms with van der Waals surface area (Å²) in [6.07, 6.45) is -0.325. The van der Waals surface area contributed by atoms with Gasteiger partial charge in [0.25, 0.3) is 0 Å². The second-order valence-electron chi connectivity index (χ2n) is 3.91. The zero-order valence-electron chi connectivity index (χ0n) is 8.98. The van der Waals surface area contributed by atoms with E-state index in [0.717, 1.165) is 5.56 Å². The molecule has 90 valence electrons. The number of fused-ring (bicyclic) bond motifs is 3. The number of hydrogen-bond donors (Lipinski definition) is 2. The molecule has 2 aliphatic heterocycles. The molecule has 0 spiro atoms. The van der Waals surface area contributed by atoms with Crippen molar-refractivity contribution in [2.75, 3.05) is 19.8 Å². The van der Waals surface area contributed by atoms with Crippen LogP contribution in [0.5, 0.6) is 11.5 Å². The van der Waals surface area contributed by atoms with Gasteiger partial charge in [-0.05, 0) is 23.3 Å². The van der Waals surface area contributed by atoms with Crippen molar-refractivity contribution < 1.29 is 19.2 Å². The summed E-state index contributed by atoms with van der Waals surface area (Å²) in [4.78, 5) is 2.52. The third kappa shape index (κ3) is 1.77. The van der Waals surface area contributed by atoms with Crippen LogP contribution in [-0.2, 0) is 4.65 Å². The van der Waals surface area contributed by atoms with Gasteiger partial charge < -0.3 is 19.2 Å². The van der Waals surface area contributed by atoms with Crippen molar-refractivity contribution in [3.63, 3.8) is 0 Å². The Morgan fingerprint density at radius 2 is 2.24 bits per heavy atom. The Hall–Kier alpha value is -0.945. The van der Waals surface area contributed by atoms with Gasteiger partial charge in [-0.2, -0.15) is 0 Å². The van der Waals surface area contributed by atoms with Crippen molar-refractivity contribution in [3.8, 4) is 11.5 Å². The highest BCUT2D eigenvalue weighted by atomic mass is 35.5. The number of rotatable bonds is 2. The predicted octanol–water partition coefficient (Wildman–Crippen LogP) is -0.0400. The van der Waals surface area contributed by atoms with Crippen LogP contribution in [0, 0.1) is 0 Å². The molecule has 0 radical (unpaired) electrons. The Bertz CT molecular complexity index is 445. The molecule has 3 rings (SSSR count). The van der Waals surface area contributed by atoms with E-state index in [1.54, 1.807) is 12.1 Å². The van der Waals surface area contributed by atoms with Gasteiger partial charge in [-0.1, -0.05) is 6.07 Å². The summed E-state index contributed by atoms with van der Waals surface area (Å²) in [7, 11) is -0.934. The van der Waals surface area contributed by atoms with Crippen LogP contribution < -0.4 is 19.8 Å². The molecule has 1 aromatic carbocycles. The monoisotopic (exact) mass is 255 g/mol. The van der Waals surface area contributed by atoms with E-state index in [1.165, 1.54) is 0 Å². The van der Waals surface area contributed by atoms with Crippen molar-refractivity contribution in [1.82, 2.24) is 4.84 Å². The fourth-order valence-electron chi connectivity index (χ4n) is 2.22. The Balaban J connectivity index is 2.08. The van der Waals surface area contributed by atoms with Crippen molar-refractivity contribution in [1.29, 1.82) is 0 Å². The molecule has 7 heteroatoms. The standard InChI is InChI=1S/C10H11BClNO4/c12-13-5-8-9-6(11(14)17-8)1-2-7-10(9)16-4-3-15-7/h1-2,8,13-14H,3-5H2. The molecule has 5 nitrogen and oxygen atoms in total. The number of benzene rings is 1. The predicted molar refractivity (Wildman–Crippen MR) is 62.7 cm³/mol. The Labute approximate surface area is 104 Å². The van der Waals surface area contributed by atoms with E-state index >= 15 is 0 Å². The van der Waals surface area contributed by atoms with Crippen molar-refractivity contribution >= 4 is 24.4 Å². The van der Waals surface area contributed by atoms with Gasteiger partial charge in [0.2, 0.25) is 0 Å². The van der Waals surface area contributed by atoms with Crippen molar-refractivity contribution in [3.05, 3.63) is 17.7 Å². The summed E-state index contributed by atoms with van der Waals surface area (Å²) in [5.41, 5.74) is 1.54. The molecule has 2 heterocycles. The third-order valence-corrected chi connectivity index (χ3v) is 3.08. The molecule has 1 unspecified atom stereocenters. The largest absolute Gasteiger partial charge is 0.492 e. The average molecular weight is 255 g/mol. The SMILES string of the molecule is OB1OC(CNCl)c2c1ccc1c2OCCO1. The van der Waals surface area contributed by atoms with Gasteiger partial charge in [0.1, 0.15) is 13.2 Å². The lowest BCUT2D eigenvalue weighted by molar-refractivity contribution is 0.156. The van der Waals surface area contributed by atoms with Gasteiger partial charge in [-0.3, -0.25) is 0 Å². The van der Waals surface area contributed by atoms with E-state index in [4.69, 9.17) is 25.9 Å². The quantitative estimate of drug-likeness (QED) is 0.574. The van der Waals surface area contributed by atoms with Gasteiger partial charge >= 0.3 is 7.12 Å². The van der Waals surface area contributed by atoms with Crippen LogP contribution in [0.15, 0.2) is 12.1 Å². The first-order chi connectivity index (χ1) is 8.31. The van der Waals surface area contributed by atoms with Crippen LogP contribution in [0.4, 0.5) is 0 Å². The summed E-state index contributed by atoms with van der Waals surface area (Å²) < 4.78 is 16.5. The minimum atomic E-state index is -0.934. The van der Waals surface area contributed by atoms with Crippen LogP contribution >= 0.6 is 11.8 Å². The summed E-state index contributed by atoms with van der Waals surface area (Å²) in [5, 5.41) is 9.79. The third-order valence-electron chi connectivity index (χ3n) is 2.92. The average Bonchev–Trinajstić information content (AvgIpc) is 2.67. The Kier molecular flexibility index (Phi) is 2.88. The molecule has 0 aliphatic carbocycles. The minimum Gasteiger partial charge on any atom is -0.486 e. The number of ether oxygens (including phenoxy) is 2. The first-order valence-electron chi connectivity index (χ1n) is 5.40. The molecule has 2 N–H and O–H groups in total. The number of hydrogen-bond acceptors (Lipinski definition) is 5. The molecule has 0 fully saturated rings. The van der Waals surface area contributed by atoms with Gasteiger partial charge in [0.05, 0.1) is 6.10 Å². The molecule has 17 heavy (non-hydrogen) atoms. The zero-order chi connectivity index (χ0) is 11.8. The van der Waals surface area contributed by atoms with Crippen LogP contribution in [-0.4, -0.2) is 31.9 Å². The molecular weight excluding hydrogens is 244 g/mol. The lowest BCUT2D eigenvalue weighted by Crippen LogP contribution is -2.29. The number of halogens is 1. The van der Waals surface area contributed by atoms with E-state index in [2.05, 4.69) is 4.84 Å². The van der Waals surface area contributed by atoms with Gasteiger partial charge in [-0.15, -0.1) is 0 Å². The summed E-state index contributed by atoms with van der Waals surface area (Å²) in [5.74, 6) is 1.34. The topological polar surface area (TPSA) is 60.0 Å².